The third-order valence-electron chi connectivity index (χ3n) is 2.25. The highest BCUT2D eigenvalue weighted by Gasteiger charge is 2.15. The van der Waals surface area contributed by atoms with Crippen LogP contribution in [0.2, 0.25) is 0 Å². The number of rotatable bonds is 4. The molecule has 0 aliphatic rings. The highest BCUT2D eigenvalue weighted by atomic mass is 79.9. The number of halogens is 2. The maximum Gasteiger partial charge on any atom is 0.240 e. The smallest absolute Gasteiger partial charge is 0.207 e. The van der Waals surface area contributed by atoms with Gasteiger partial charge in [-0.3, -0.25) is 0 Å². The molecule has 0 unspecified atom stereocenters. The van der Waals surface area contributed by atoms with Crippen LogP contribution in [0.4, 0.5) is 4.39 Å². The second kappa shape index (κ2) is 5.48. The Kier molecular flexibility index (Phi) is 4.16. The maximum atomic E-state index is 13.3. The van der Waals surface area contributed by atoms with Gasteiger partial charge < -0.3 is 0 Å². The molecule has 1 N–H and O–H groups in total. The first-order valence-electron chi connectivity index (χ1n) is 4.95. The summed E-state index contributed by atoms with van der Waals surface area (Å²) >= 11 is 4.47. The van der Waals surface area contributed by atoms with Crippen molar-refractivity contribution in [1.29, 1.82) is 0 Å². The minimum absolute atomic E-state index is 0.0848. The molecule has 2 aromatic rings. The average molecular weight is 350 g/mol. The monoisotopic (exact) mass is 349 g/mol. The van der Waals surface area contributed by atoms with Crippen molar-refractivity contribution in [3.8, 4) is 0 Å². The molecule has 2 rings (SSSR count). The summed E-state index contributed by atoms with van der Waals surface area (Å²) in [6.07, 6.45) is 0. The van der Waals surface area contributed by atoms with Crippen molar-refractivity contribution < 1.29 is 12.8 Å². The Bertz CT molecular complexity index is 641. The van der Waals surface area contributed by atoms with Crippen LogP contribution in [-0.4, -0.2) is 8.42 Å². The number of sulfonamides is 1. The maximum absolute atomic E-state index is 13.3. The molecule has 1 aromatic heterocycles. The van der Waals surface area contributed by atoms with Gasteiger partial charge in [0, 0.05) is 6.54 Å². The van der Waals surface area contributed by atoms with E-state index in [-0.39, 0.29) is 15.9 Å². The second-order valence-electron chi connectivity index (χ2n) is 3.53. The molecule has 1 heterocycles. The van der Waals surface area contributed by atoms with Gasteiger partial charge >= 0.3 is 0 Å². The number of hydrogen-bond donors (Lipinski definition) is 1. The van der Waals surface area contributed by atoms with Crippen molar-refractivity contribution >= 4 is 37.3 Å². The molecule has 0 radical (unpaired) electrons. The van der Waals surface area contributed by atoms with Crippen LogP contribution < -0.4 is 4.72 Å². The minimum Gasteiger partial charge on any atom is -0.207 e. The van der Waals surface area contributed by atoms with E-state index in [9.17, 15) is 12.8 Å². The van der Waals surface area contributed by atoms with Gasteiger partial charge in [0.2, 0.25) is 10.0 Å². The van der Waals surface area contributed by atoms with Crippen molar-refractivity contribution in [3.63, 3.8) is 0 Å². The standard InChI is InChI=1S/C11H9BrFNO2S2/c12-10-2-1-9(5-11(10)13)18(15,16)14-6-8-3-4-17-7-8/h1-5,7,14H,6H2. The zero-order chi connectivity index (χ0) is 13.2. The number of hydrogen-bond acceptors (Lipinski definition) is 3. The zero-order valence-electron chi connectivity index (χ0n) is 9.06. The van der Waals surface area contributed by atoms with E-state index in [1.807, 2.05) is 16.8 Å². The van der Waals surface area contributed by atoms with Gasteiger partial charge in [-0.15, -0.1) is 0 Å². The van der Waals surface area contributed by atoms with Gasteiger partial charge in [0.15, 0.2) is 0 Å². The normalized spacial score (nSPS) is 11.7. The van der Waals surface area contributed by atoms with E-state index in [0.29, 0.717) is 0 Å². The molecule has 96 valence electrons. The summed E-state index contributed by atoms with van der Waals surface area (Å²) in [5, 5.41) is 3.72. The summed E-state index contributed by atoms with van der Waals surface area (Å²) in [7, 11) is -3.68. The molecular weight excluding hydrogens is 341 g/mol. The molecular formula is C11H9BrFNO2S2. The zero-order valence-corrected chi connectivity index (χ0v) is 12.3. The lowest BCUT2D eigenvalue weighted by atomic mass is 10.3. The molecule has 3 nitrogen and oxygen atoms in total. The molecule has 7 heteroatoms. The molecule has 18 heavy (non-hydrogen) atoms. The fraction of sp³-hybridized carbons (Fsp3) is 0.0909. The Balaban J connectivity index is 2.17. The average Bonchev–Trinajstić information content (AvgIpc) is 2.83. The first-order chi connectivity index (χ1) is 8.49. The van der Waals surface area contributed by atoms with Gasteiger partial charge in [0.25, 0.3) is 0 Å². The van der Waals surface area contributed by atoms with Crippen LogP contribution in [0.3, 0.4) is 0 Å². The summed E-state index contributed by atoms with van der Waals surface area (Å²) in [6, 6.07) is 5.53. The fourth-order valence-electron chi connectivity index (χ4n) is 1.30. The summed E-state index contributed by atoms with van der Waals surface area (Å²) in [5.74, 6) is -0.603. The lowest BCUT2D eigenvalue weighted by Gasteiger charge is -2.06. The van der Waals surface area contributed by atoms with E-state index < -0.39 is 15.8 Å². The van der Waals surface area contributed by atoms with Crippen LogP contribution in [0.25, 0.3) is 0 Å². The predicted molar refractivity (Wildman–Crippen MR) is 72.4 cm³/mol. The Labute approximate surface area is 117 Å². The van der Waals surface area contributed by atoms with Gasteiger partial charge in [-0.2, -0.15) is 11.3 Å². The molecule has 1 aromatic carbocycles. The highest BCUT2D eigenvalue weighted by molar-refractivity contribution is 9.10. The molecule has 0 amide bonds. The summed E-state index contributed by atoms with van der Waals surface area (Å²) in [6.45, 7) is 0.198. The summed E-state index contributed by atoms with van der Waals surface area (Å²) in [5.41, 5.74) is 0.876. The third kappa shape index (κ3) is 3.17. The van der Waals surface area contributed by atoms with E-state index in [1.165, 1.54) is 23.5 Å². The first-order valence-corrected chi connectivity index (χ1v) is 8.17. The number of benzene rings is 1. The van der Waals surface area contributed by atoms with Crippen LogP contribution in [-0.2, 0) is 16.6 Å². The van der Waals surface area contributed by atoms with Crippen LogP contribution in [0.1, 0.15) is 5.56 Å². The lowest BCUT2D eigenvalue weighted by molar-refractivity contribution is 0.576. The molecule has 0 saturated heterocycles. The SMILES string of the molecule is O=S(=O)(NCc1ccsc1)c1ccc(Br)c(F)c1. The fourth-order valence-corrected chi connectivity index (χ4v) is 3.24. The second-order valence-corrected chi connectivity index (χ2v) is 6.93. The van der Waals surface area contributed by atoms with Crippen LogP contribution >= 0.6 is 27.3 Å². The predicted octanol–water partition coefficient (Wildman–Crippen LogP) is 3.13. The Morgan fingerprint density at radius 2 is 2.11 bits per heavy atom. The van der Waals surface area contributed by atoms with Crippen LogP contribution in [0.5, 0.6) is 0 Å². The Hall–Kier alpha value is -0.760. The Morgan fingerprint density at radius 1 is 1.33 bits per heavy atom. The number of nitrogens with one attached hydrogen (secondary N) is 1. The summed E-state index contributed by atoms with van der Waals surface area (Å²) < 4.78 is 39.7. The quantitative estimate of drug-likeness (QED) is 0.921. The van der Waals surface area contributed by atoms with Crippen molar-refractivity contribution in [1.82, 2.24) is 4.72 Å². The van der Waals surface area contributed by atoms with Crippen molar-refractivity contribution in [2.45, 2.75) is 11.4 Å². The largest absolute Gasteiger partial charge is 0.240 e. The van der Waals surface area contributed by atoms with Gasteiger partial charge in [-0.25, -0.2) is 17.5 Å². The van der Waals surface area contributed by atoms with Gasteiger partial charge in [-0.05, 0) is 56.5 Å². The topological polar surface area (TPSA) is 46.2 Å². The van der Waals surface area contributed by atoms with E-state index >= 15 is 0 Å². The highest BCUT2D eigenvalue weighted by Crippen LogP contribution is 2.19. The van der Waals surface area contributed by atoms with Crippen LogP contribution in [0, 0.1) is 5.82 Å². The molecule has 0 saturated carbocycles. The molecule has 0 spiro atoms. The lowest BCUT2D eigenvalue weighted by Crippen LogP contribution is -2.23. The molecule has 0 fully saturated rings. The first kappa shape index (κ1) is 13.7. The van der Waals surface area contributed by atoms with E-state index in [2.05, 4.69) is 20.7 Å². The van der Waals surface area contributed by atoms with E-state index in [4.69, 9.17) is 0 Å². The van der Waals surface area contributed by atoms with Crippen molar-refractivity contribution in [2.75, 3.05) is 0 Å². The molecule has 0 aliphatic carbocycles. The molecule has 0 aliphatic heterocycles. The molecule has 0 bridgehead atoms. The van der Waals surface area contributed by atoms with Gasteiger partial charge in [-0.1, -0.05) is 0 Å². The van der Waals surface area contributed by atoms with Crippen LogP contribution in [0.15, 0.2) is 44.4 Å². The van der Waals surface area contributed by atoms with Gasteiger partial charge in [0.05, 0.1) is 9.37 Å². The number of thiophene rings is 1. The minimum atomic E-state index is -3.68. The van der Waals surface area contributed by atoms with E-state index in [0.717, 1.165) is 11.6 Å². The Morgan fingerprint density at radius 3 is 2.72 bits per heavy atom. The van der Waals surface area contributed by atoms with E-state index in [1.54, 1.807) is 0 Å². The summed E-state index contributed by atoms with van der Waals surface area (Å²) in [4.78, 5) is -0.0848. The van der Waals surface area contributed by atoms with Crippen molar-refractivity contribution in [2.24, 2.45) is 0 Å². The van der Waals surface area contributed by atoms with Crippen molar-refractivity contribution in [3.05, 3.63) is 50.9 Å². The molecule has 0 atom stereocenters. The third-order valence-corrected chi connectivity index (χ3v) is 5.02. The van der Waals surface area contributed by atoms with Gasteiger partial charge in [0.1, 0.15) is 5.82 Å².